The number of carbonyl (C=O) groups is 2. The van der Waals surface area contributed by atoms with E-state index < -0.39 is 18.1 Å². The first kappa shape index (κ1) is 17.6. The highest BCUT2D eigenvalue weighted by Crippen LogP contribution is 2.44. The standard InChI is InChI=1S/C22H23NO4/c1-2-14-11-20(21(24)25)23(12-14)22(26)27-13-19-17-9-5-3-7-15(17)16-8-4-6-10-18(16)19/h3-10,14,19-20H,2,11-13H2,1H3,(H,24,25)/t14-,20-/m1/s1. The molecular formula is C22H23NO4. The molecule has 0 bridgehead atoms. The molecule has 1 aliphatic carbocycles. The Labute approximate surface area is 158 Å². The summed E-state index contributed by atoms with van der Waals surface area (Å²) >= 11 is 0. The van der Waals surface area contributed by atoms with E-state index in [0.717, 1.165) is 17.5 Å². The van der Waals surface area contributed by atoms with Gasteiger partial charge in [-0.05, 0) is 34.6 Å². The topological polar surface area (TPSA) is 66.8 Å². The van der Waals surface area contributed by atoms with E-state index in [1.165, 1.54) is 16.0 Å². The Kier molecular flexibility index (Phi) is 4.60. The summed E-state index contributed by atoms with van der Waals surface area (Å²) in [5, 5.41) is 9.44. The van der Waals surface area contributed by atoms with Crippen LogP contribution in [-0.4, -0.2) is 41.3 Å². The zero-order chi connectivity index (χ0) is 19.0. The molecule has 27 heavy (non-hydrogen) atoms. The molecule has 0 aromatic heterocycles. The molecule has 1 fully saturated rings. The summed E-state index contributed by atoms with van der Waals surface area (Å²) in [5.41, 5.74) is 4.64. The van der Waals surface area contributed by atoms with Crippen molar-refractivity contribution >= 4 is 12.1 Å². The number of ether oxygens (including phenoxy) is 1. The highest BCUT2D eigenvalue weighted by Gasteiger charge is 2.40. The molecule has 5 heteroatoms. The highest BCUT2D eigenvalue weighted by molar-refractivity contribution is 5.81. The van der Waals surface area contributed by atoms with Crippen molar-refractivity contribution in [2.24, 2.45) is 5.92 Å². The molecule has 1 amide bonds. The second kappa shape index (κ2) is 7.06. The number of rotatable bonds is 4. The SMILES string of the molecule is CC[C@@H]1C[C@H](C(=O)O)N(C(=O)OCC2c3ccccc3-c3ccccc32)C1. The van der Waals surface area contributed by atoms with E-state index in [-0.39, 0.29) is 18.4 Å². The van der Waals surface area contributed by atoms with Gasteiger partial charge < -0.3 is 9.84 Å². The predicted molar refractivity (Wildman–Crippen MR) is 102 cm³/mol. The lowest BCUT2D eigenvalue weighted by atomic mass is 9.98. The zero-order valence-electron chi connectivity index (χ0n) is 15.3. The van der Waals surface area contributed by atoms with Crippen LogP contribution in [-0.2, 0) is 9.53 Å². The third kappa shape index (κ3) is 3.07. The van der Waals surface area contributed by atoms with Crippen molar-refractivity contribution < 1.29 is 19.4 Å². The molecular weight excluding hydrogens is 342 g/mol. The number of benzene rings is 2. The van der Waals surface area contributed by atoms with Crippen molar-refractivity contribution in [3.8, 4) is 11.1 Å². The van der Waals surface area contributed by atoms with E-state index in [1.54, 1.807) is 0 Å². The Morgan fingerprint density at radius 3 is 2.22 bits per heavy atom. The van der Waals surface area contributed by atoms with Gasteiger partial charge in [-0.3, -0.25) is 4.90 Å². The highest BCUT2D eigenvalue weighted by atomic mass is 16.6. The summed E-state index contributed by atoms with van der Waals surface area (Å²) in [6.45, 7) is 2.68. The number of hydrogen-bond acceptors (Lipinski definition) is 3. The first-order valence-corrected chi connectivity index (χ1v) is 9.44. The number of aliphatic carboxylic acids is 1. The van der Waals surface area contributed by atoms with Crippen LogP contribution in [0.4, 0.5) is 4.79 Å². The number of likely N-dealkylation sites (tertiary alicyclic amines) is 1. The summed E-state index contributed by atoms with van der Waals surface area (Å²) in [4.78, 5) is 25.5. The Hall–Kier alpha value is -2.82. The molecule has 1 saturated heterocycles. The van der Waals surface area contributed by atoms with Gasteiger partial charge in [0.25, 0.3) is 0 Å². The van der Waals surface area contributed by atoms with Crippen molar-refractivity contribution in [1.82, 2.24) is 4.90 Å². The molecule has 2 aliphatic rings. The van der Waals surface area contributed by atoms with Crippen LogP contribution in [0.2, 0.25) is 0 Å². The van der Waals surface area contributed by atoms with Crippen LogP contribution in [0.15, 0.2) is 48.5 Å². The summed E-state index contributed by atoms with van der Waals surface area (Å²) in [6, 6.07) is 15.5. The normalized spacial score (nSPS) is 21.0. The average Bonchev–Trinajstić information content (AvgIpc) is 3.26. The maximum Gasteiger partial charge on any atom is 0.410 e. The van der Waals surface area contributed by atoms with E-state index in [1.807, 2.05) is 31.2 Å². The van der Waals surface area contributed by atoms with Gasteiger partial charge in [-0.1, -0.05) is 61.9 Å². The minimum atomic E-state index is -0.959. The molecule has 2 atom stereocenters. The van der Waals surface area contributed by atoms with Crippen molar-refractivity contribution in [2.75, 3.05) is 13.2 Å². The fraction of sp³-hybridized carbons (Fsp3) is 0.364. The van der Waals surface area contributed by atoms with E-state index >= 15 is 0 Å². The van der Waals surface area contributed by atoms with Gasteiger partial charge in [0, 0.05) is 12.5 Å². The van der Waals surface area contributed by atoms with Gasteiger partial charge in [-0.25, -0.2) is 9.59 Å². The van der Waals surface area contributed by atoms with Gasteiger partial charge in [0.2, 0.25) is 0 Å². The quantitative estimate of drug-likeness (QED) is 0.885. The molecule has 2 aromatic rings. The van der Waals surface area contributed by atoms with Crippen molar-refractivity contribution in [3.63, 3.8) is 0 Å². The van der Waals surface area contributed by atoms with E-state index in [2.05, 4.69) is 24.3 Å². The van der Waals surface area contributed by atoms with Gasteiger partial charge in [-0.15, -0.1) is 0 Å². The second-order valence-corrected chi connectivity index (χ2v) is 7.32. The van der Waals surface area contributed by atoms with Crippen LogP contribution in [0.5, 0.6) is 0 Å². The molecule has 1 heterocycles. The summed E-state index contributed by atoms with van der Waals surface area (Å²) < 4.78 is 5.62. The molecule has 0 radical (unpaired) electrons. The van der Waals surface area contributed by atoms with Crippen LogP contribution in [0, 0.1) is 5.92 Å². The van der Waals surface area contributed by atoms with Gasteiger partial charge in [0.15, 0.2) is 0 Å². The number of carboxylic acid groups (broad SMARTS) is 1. The van der Waals surface area contributed by atoms with E-state index in [9.17, 15) is 14.7 Å². The van der Waals surface area contributed by atoms with Gasteiger partial charge >= 0.3 is 12.1 Å². The first-order chi connectivity index (χ1) is 13.1. The zero-order valence-corrected chi connectivity index (χ0v) is 15.3. The number of hydrogen-bond donors (Lipinski definition) is 1. The molecule has 0 saturated carbocycles. The number of fused-ring (bicyclic) bond motifs is 3. The van der Waals surface area contributed by atoms with Crippen LogP contribution < -0.4 is 0 Å². The van der Waals surface area contributed by atoms with E-state index in [4.69, 9.17) is 4.74 Å². The smallest absolute Gasteiger partial charge is 0.410 e. The number of nitrogens with zero attached hydrogens (tertiary/aromatic N) is 1. The summed E-state index contributed by atoms with van der Waals surface area (Å²) in [6.07, 6.45) is 0.827. The van der Waals surface area contributed by atoms with Crippen LogP contribution in [0.3, 0.4) is 0 Å². The molecule has 5 nitrogen and oxygen atoms in total. The van der Waals surface area contributed by atoms with Gasteiger partial charge in [0.1, 0.15) is 12.6 Å². The minimum Gasteiger partial charge on any atom is -0.480 e. The fourth-order valence-corrected chi connectivity index (χ4v) is 4.33. The van der Waals surface area contributed by atoms with Crippen molar-refractivity contribution in [1.29, 1.82) is 0 Å². The molecule has 1 aliphatic heterocycles. The Balaban J connectivity index is 1.52. The number of carbonyl (C=O) groups excluding carboxylic acids is 1. The van der Waals surface area contributed by atoms with Crippen LogP contribution in [0.1, 0.15) is 36.8 Å². The Morgan fingerprint density at radius 2 is 1.67 bits per heavy atom. The van der Waals surface area contributed by atoms with Crippen LogP contribution >= 0.6 is 0 Å². The van der Waals surface area contributed by atoms with Gasteiger partial charge in [0.05, 0.1) is 0 Å². The molecule has 0 unspecified atom stereocenters. The van der Waals surface area contributed by atoms with Crippen molar-refractivity contribution in [2.45, 2.75) is 31.7 Å². The number of amides is 1. The number of carboxylic acids is 1. The minimum absolute atomic E-state index is 0.0193. The maximum absolute atomic E-state index is 12.6. The molecule has 140 valence electrons. The lowest BCUT2D eigenvalue weighted by molar-refractivity contribution is -0.141. The molecule has 4 rings (SSSR count). The predicted octanol–water partition coefficient (Wildman–Crippen LogP) is 4.12. The monoisotopic (exact) mass is 365 g/mol. The lowest BCUT2D eigenvalue weighted by Gasteiger charge is -2.22. The molecule has 2 aromatic carbocycles. The first-order valence-electron chi connectivity index (χ1n) is 9.44. The Bertz CT molecular complexity index is 833. The third-order valence-electron chi connectivity index (χ3n) is 5.82. The third-order valence-corrected chi connectivity index (χ3v) is 5.82. The summed E-state index contributed by atoms with van der Waals surface area (Å²) in [5.74, 6) is -0.764. The lowest BCUT2D eigenvalue weighted by Crippen LogP contribution is -2.41. The fourth-order valence-electron chi connectivity index (χ4n) is 4.33. The second-order valence-electron chi connectivity index (χ2n) is 7.32. The average molecular weight is 365 g/mol. The Morgan fingerprint density at radius 1 is 1.07 bits per heavy atom. The molecule has 1 N–H and O–H groups in total. The van der Waals surface area contributed by atoms with Gasteiger partial charge in [-0.2, -0.15) is 0 Å². The maximum atomic E-state index is 12.6. The molecule has 0 spiro atoms. The largest absolute Gasteiger partial charge is 0.480 e. The van der Waals surface area contributed by atoms with Crippen molar-refractivity contribution in [3.05, 3.63) is 59.7 Å². The summed E-state index contributed by atoms with van der Waals surface area (Å²) in [7, 11) is 0. The van der Waals surface area contributed by atoms with Crippen LogP contribution in [0.25, 0.3) is 11.1 Å². The van der Waals surface area contributed by atoms with E-state index in [0.29, 0.717) is 13.0 Å².